The predicted octanol–water partition coefficient (Wildman–Crippen LogP) is 5.27. The molecule has 0 unspecified atom stereocenters. The molecule has 0 saturated heterocycles. The van der Waals surface area contributed by atoms with Gasteiger partial charge in [0, 0.05) is 5.57 Å². The molecule has 2 amide bonds. The molecule has 0 bridgehead atoms. The first-order valence-corrected chi connectivity index (χ1v) is 10.4. The highest BCUT2D eigenvalue weighted by molar-refractivity contribution is 5.97. The quantitative estimate of drug-likeness (QED) is 0.635. The van der Waals surface area contributed by atoms with Crippen molar-refractivity contribution in [3.8, 4) is 0 Å². The van der Waals surface area contributed by atoms with E-state index in [0.717, 1.165) is 0 Å². The summed E-state index contributed by atoms with van der Waals surface area (Å²) in [7, 11) is 0. The number of hydrogen-bond donors (Lipinski definition) is 2. The van der Waals surface area contributed by atoms with Gasteiger partial charge in [0.2, 0.25) is 0 Å². The zero-order valence-electron chi connectivity index (χ0n) is 17.4. The first-order valence-electron chi connectivity index (χ1n) is 10.4. The fraction of sp³-hybridized carbons (Fsp3) is 0.565. The number of carbonyl (C=O) groups is 2. The molecule has 1 fully saturated rings. The van der Waals surface area contributed by atoms with Gasteiger partial charge in [0.25, 0.3) is 5.91 Å². The van der Waals surface area contributed by atoms with Crippen LogP contribution in [0.5, 0.6) is 0 Å². The van der Waals surface area contributed by atoms with Gasteiger partial charge in [0.05, 0.1) is 0 Å². The Kier molecular flexibility index (Phi) is 8.55. The molecule has 1 saturated carbocycles. The summed E-state index contributed by atoms with van der Waals surface area (Å²) in [4.78, 5) is 24.1. The Balaban J connectivity index is 2.00. The van der Waals surface area contributed by atoms with E-state index in [-0.39, 0.29) is 5.91 Å². The number of amides is 2. The van der Waals surface area contributed by atoms with Gasteiger partial charge in [-0.15, -0.1) is 0 Å². The van der Waals surface area contributed by atoms with Gasteiger partial charge in [-0.2, -0.15) is 0 Å². The molecule has 0 radical (unpaired) electrons. The number of rotatable bonds is 2. The van der Waals surface area contributed by atoms with Crippen LogP contribution in [-0.4, -0.2) is 17.6 Å². The molecule has 5 heteroatoms. The van der Waals surface area contributed by atoms with Gasteiger partial charge in [-0.1, -0.05) is 62.8 Å². The van der Waals surface area contributed by atoms with Crippen LogP contribution in [0.15, 0.2) is 47.6 Å². The molecule has 0 aromatic carbocycles. The van der Waals surface area contributed by atoms with E-state index < -0.39 is 11.7 Å². The molecule has 0 spiro atoms. The Labute approximate surface area is 169 Å². The Hall–Kier alpha value is -2.30. The summed E-state index contributed by atoms with van der Waals surface area (Å²) in [5.74, 6) is 0.170. The van der Waals surface area contributed by atoms with Crippen LogP contribution in [0.2, 0.25) is 0 Å². The van der Waals surface area contributed by atoms with Gasteiger partial charge in [-0.25, -0.2) is 10.2 Å². The standard InChI is InChI=1S/C23H34N2O3/c1-23(2,3)28-22(27)25-24-21(26)20-15-11-10-14-19(16-17-20)18-12-8-6-4-5-7-9-13-18/h10-11,14-18H,4-9,12-13H2,1-3H3,(H,24,26)(H,25,27). The Morgan fingerprint density at radius 3 is 2.14 bits per heavy atom. The first kappa shape index (κ1) is 22.0. The molecule has 0 aliphatic heterocycles. The van der Waals surface area contributed by atoms with Gasteiger partial charge >= 0.3 is 6.09 Å². The van der Waals surface area contributed by atoms with Crippen LogP contribution in [0, 0.1) is 5.92 Å². The van der Waals surface area contributed by atoms with Crippen molar-refractivity contribution in [3.05, 3.63) is 47.6 Å². The molecule has 154 valence electrons. The largest absolute Gasteiger partial charge is 0.443 e. The monoisotopic (exact) mass is 386 g/mol. The number of hydrogen-bond acceptors (Lipinski definition) is 3. The van der Waals surface area contributed by atoms with E-state index in [1.165, 1.54) is 56.9 Å². The number of carbonyl (C=O) groups excluding carboxylic acids is 2. The molecule has 2 N–H and O–H groups in total. The Morgan fingerprint density at radius 1 is 0.893 bits per heavy atom. The summed E-state index contributed by atoms with van der Waals surface area (Å²) in [6, 6.07) is 0. The van der Waals surface area contributed by atoms with Crippen molar-refractivity contribution >= 4 is 12.0 Å². The Morgan fingerprint density at radius 2 is 1.50 bits per heavy atom. The zero-order valence-corrected chi connectivity index (χ0v) is 17.4. The van der Waals surface area contributed by atoms with E-state index in [2.05, 4.69) is 16.9 Å². The van der Waals surface area contributed by atoms with Crippen LogP contribution in [0.4, 0.5) is 4.79 Å². The van der Waals surface area contributed by atoms with Crippen LogP contribution in [0.25, 0.3) is 0 Å². The molecule has 0 aromatic rings. The maximum Gasteiger partial charge on any atom is 0.426 e. The van der Waals surface area contributed by atoms with Crippen LogP contribution < -0.4 is 10.9 Å². The summed E-state index contributed by atoms with van der Waals surface area (Å²) < 4.78 is 5.12. The molecular weight excluding hydrogens is 352 g/mol. The summed E-state index contributed by atoms with van der Waals surface area (Å²) in [5.41, 5.74) is 5.85. The topological polar surface area (TPSA) is 67.4 Å². The second-order valence-electron chi connectivity index (χ2n) is 8.48. The van der Waals surface area contributed by atoms with Crippen LogP contribution in [0.1, 0.15) is 72.1 Å². The number of allylic oxidation sites excluding steroid dienone is 6. The molecule has 0 aromatic heterocycles. The molecule has 0 atom stereocenters. The van der Waals surface area contributed by atoms with Crippen molar-refractivity contribution in [2.45, 2.75) is 77.7 Å². The first-order chi connectivity index (χ1) is 13.3. The van der Waals surface area contributed by atoms with E-state index in [1.54, 1.807) is 26.8 Å². The second kappa shape index (κ2) is 10.9. The third kappa shape index (κ3) is 8.15. The van der Waals surface area contributed by atoms with Crippen molar-refractivity contribution in [2.75, 3.05) is 0 Å². The van der Waals surface area contributed by atoms with E-state index >= 15 is 0 Å². The third-order valence-corrected chi connectivity index (χ3v) is 4.90. The summed E-state index contributed by atoms with van der Waals surface area (Å²) >= 11 is 0. The fourth-order valence-corrected chi connectivity index (χ4v) is 3.50. The molecule has 2 aliphatic carbocycles. The lowest BCUT2D eigenvalue weighted by atomic mass is 9.88. The second-order valence-corrected chi connectivity index (χ2v) is 8.48. The summed E-state index contributed by atoms with van der Waals surface area (Å²) in [6.45, 7) is 5.31. The summed E-state index contributed by atoms with van der Waals surface area (Å²) in [6.07, 6.45) is 21.2. The highest BCUT2D eigenvalue weighted by Crippen LogP contribution is 2.29. The van der Waals surface area contributed by atoms with Gasteiger partial charge in [0.15, 0.2) is 0 Å². The lowest BCUT2D eigenvalue weighted by Crippen LogP contribution is -2.44. The number of nitrogens with one attached hydrogen (secondary N) is 2. The van der Waals surface area contributed by atoms with Crippen molar-refractivity contribution < 1.29 is 14.3 Å². The maximum absolute atomic E-state index is 12.4. The van der Waals surface area contributed by atoms with Gasteiger partial charge < -0.3 is 4.74 Å². The third-order valence-electron chi connectivity index (χ3n) is 4.90. The van der Waals surface area contributed by atoms with Gasteiger partial charge in [0.1, 0.15) is 5.60 Å². The predicted molar refractivity (Wildman–Crippen MR) is 112 cm³/mol. The lowest BCUT2D eigenvalue weighted by molar-refractivity contribution is -0.118. The fourth-order valence-electron chi connectivity index (χ4n) is 3.50. The highest BCUT2D eigenvalue weighted by atomic mass is 16.6. The minimum absolute atomic E-state index is 0.373. The van der Waals surface area contributed by atoms with Crippen molar-refractivity contribution in [3.63, 3.8) is 0 Å². The van der Waals surface area contributed by atoms with Gasteiger partial charge in [-0.3, -0.25) is 10.2 Å². The van der Waals surface area contributed by atoms with Crippen molar-refractivity contribution in [2.24, 2.45) is 5.92 Å². The number of hydrazine groups is 1. The summed E-state index contributed by atoms with van der Waals surface area (Å²) in [5, 5.41) is 0. The maximum atomic E-state index is 12.4. The molecule has 2 aliphatic rings. The molecular formula is C23H34N2O3. The smallest absolute Gasteiger partial charge is 0.426 e. The van der Waals surface area contributed by atoms with E-state index in [4.69, 9.17) is 4.74 Å². The lowest BCUT2D eigenvalue weighted by Gasteiger charge is -2.20. The van der Waals surface area contributed by atoms with E-state index in [1.807, 2.05) is 24.3 Å². The average Bonchev–Trinajstić information content (AvgIpc) is 2.72. The van der Waals surface area contributed by atoms with E-state index in [9.17, 15) is 9.59 Å². The molecule has 2 rings (SSSR count). The minimum atomic E-state index is -0.682. The van der Waals surface area contributed by atoms with Crippen molar-refractivity contribution in [1.82, 2.24) is 10.9 Å². The molecule has 0 heterocycles. The number of ether oxygens (including phenoxy) is 1. The van der Waals surface area contributed by atoms with Gasteiger partial charge in [-0.05, 0) is 57.3 Å². The van der Waals surface area contributed by atoms with Crippen LogP contribution in [0.3, 0.4) is 0 Å². The average molecular weight is 387 g/mol. The molecule has 5 nitrogen and oxygen atoms in total. The SMILES string of the molecule is CC(C)(C)OC(=O)NNC(=O)C1=CC=C(C2CCCCCCCC2)C=CC=C1. The van der Waals surface area contributed by atoms with Crippen LogP contribution >= 0.6 is 0 Å². The highest BCUT2D eigenvalue weighted by Gasteiger charge is 2.17. The minimum Gasteiger partial charge on any atom is -0.443 e. The van der Waals surface area contributed by atoms with E-state index in [0.29, 0.717) is 11.5 Å². The van der Waals surface area contributed by atoms with Crippen molar-refractivity contribution in [1.29, 1.82) is 0 Å². The molecule has 28 heavy (non-hydrogen) atoms. The zero-order chi connectivity index (χ0) is 20.4. The normalized spacial score (nSPS) is 19.1. The van der Waals surface area contributed by atoms with Crippen LogP contribution in [-0.2, 0) is 9.53 Å². The Bertz CT molecular complexity index is 656.